The molecule has 0 aromatic carbocycles. The summed E-state index contributed by atoms with van der Waals surface area (Å²) >= 11 is 0. The molecule has 0 aromatic rings. The van der Waals surface area contributed by atoms with Gasteiger partial charge >= 0.3 is 0 Å². The molecule has 0 aromatic heterocycles. The fourth-order valence-corrected chi connectivity index (χ4v) is 1.11. The number of ketones is 2. The van der Waals surface area contributed by atoms with Gasteiger partial charge < -0.3 is 15.7 Å². The summed E-state index contributed by atoms with van der Waals surface area (Å²) in [7, 11) is 0. The fourth-order valence-electron chi connectivity index (χ4n) is 1.11. The number of aliphatic hydroxyl groups excluding tert-OH is 2. The molecule has 6 heteroatoms. The first kappa shape index (κ1) is 34.4. The number of rotatable bonds is 2. The molecule has 0 aliphatic carbocycles. The predicted octanol–water partition coefficient (Wildman–Crippen LogP) is 5.35. The molecule has 0 unspecified atom stereocenters. The first-order valence-electron chi connectivity index (χ1n) is 9.01. The summed E-state index contributed by atoms with van der Waals surface area (Å²) in [6.45, 7) is 22.2. The quantitative estimate of drug-likeness (QED) is 0.339. The third-order valence-corrected chi connectivity index (χ3v) is 3.55. The average Bonchev–Trinajstić information content (AvgIpc) is 2.34. The van der Waals surface area contributed by atoms with Crippen LogP contribution in [0.4, 0.5) is 0 Å². The maximum Gasteiger partial charge on any atom is 0.164 e. The molecule has 0 fully saturated rings. The van der Waals surface area contributed by atoms with E-state index in [1.165, 1.54) is 12.2 Å². The Balaban J connectivity index is -0.000000192. The molecule has 0 aliphatic rings. The molecule has 170 valence electrons. The van der Waals surface area contributed by atoms with Gasteiger partial charge in [-0.15, -0.1) is 0 Å². The van der Waals surface area contributed by atoms with Gasteiger partial charge in [-0.1, -0.05) is 83.1 Å². The van der Waals surface area contributed by atoms with E-state index >= 15 is 0 Å². The summed E-state index contributed by atoms with van der Waals surface area (Å²) < 4.78 is 0. The van der Waals surface area contributed by atoms with E-state index in [1.54, 1.807) is 0 Å². The van der Waals surface area contributed by atoms with Crippen LogP contribution in [0.2, 0.25) is 0 Å². The van der Waals surface area contributed by atoms with Gasteiger partial charge in [-0.05, 0) is 0 Å². The molecular formula is C22H42NiO5. The van der Waals surface area contributed by atoms with Gasteiger partial charge in [-0.2, -0.15) is 0 Å². The van der Waals surface area contributed by atoms with Gasteiger partial charge in [0, 0.05) is 50.3 Å². The third kappa shape index (κ3) is 14.9. The summed E-state index contributed by atoms with van der Waals surface area (Å²) in [5, 5.41) is 19.1. The Morgan fingerprint density at radius 2 is 0.714 bits per heavy atom. The predicted molar refractivity (Wildman–Crippen MR) is 113 cm³/mol. The number of aliphatic hydroxyl groups is 2. The average molecular weight is 445 g/mol. The van der Waals surface area contributed by atoms with Crippen molar-refractivity contribution in [1.29, 1.82) is 0 Å². The molecule has 0 saturated heterocycles. The van der Waals surface area contributed by atoms with Crippen molar-refractivity contribution < 1.29 is 41.8 Å². The van der Waals surface area contributed by atoms with Gasteiger partial charge in [0.1, 0.15) is 11.5 Å². The standard InChI is InChI=1S/2C11H20O2.Ni.H2O/c2*1-10(2,3)8(12)7-9(13)11(4,5)6;;/h2*7,12H,1-6H3;;1H2/b2*8-7-;;. The Morgan fingerprint density at radius 1 is 0.536 bits per heavy atom. The minimum atomic E-state index is -0.417. The van der Waals surface area contributed by atoms with Crippen molar-refractivity contribution in [3.63, 3.8) is 0 Å². The zero-order chi connectivity index (χ0) is 21.7. The molecule has 0 heterocycles. The van der Waals surface area contributed by atoms with Crippen molar-refractivity contribution in [2.24, 2.45) is 21.7 Å². The smallest absolute Gasteiger partial charge is 0.164 e. The van der Waals surface area contributed by atoms with Crippen molar-refractivity contribution in [2.75, 3.05) is 0 Å². The van der Waals surface area contributed by atoms with Crippen molar-refractivity contribution in [3.8, 4) is 0 Å². The second-order valence-electron chi connectivity index (χ2n) is 10.8. The molecule has 0 spiro atoms. The van der Waals surface area contributed by atoms with Crippen LogP contribution >= 0.6 is 0 Å². The second-order valence-corrected chi connectivity index (χ2v) is 10.8. The monoisotopic (exact) mass is 444 g/mol. The molecule has 0 radical (unpaired) electrons. The molecular weight excluding hydrogens is 403 g/mol. The fraction of sp³-hybridized carbons (Fsp3) is 0.727. The molecule has 0 amide bonds. The van der Waals surface area contributed by atoms with Crippen LogP contribution in [0, 0.1) is 21.7 Å². The van der Waals surface area contributed by atoms with Crippen molar-refractivity contribution >= 4 is 11.6 Å². The minimum absolute atomic E-state index is 0. The van der Waals surface area contributed by atoms with Crippen LogP contribution < -0.4 is 0 Å². The molecule has 0 atom stereocenters. The van der Waals surface area contributed by atoms with E-state index in [9.17, 15) is 19.8 Å². The van der Waals surface area contributed by atoms with Crippen LogP contribution in [0.25, 0.3) is 0 Å². The zero-order valence-corrected chi connectivity index (χ0v) is 20.7. The Morgan fingerprint density at radius 3 is 0.821 bits per heavy atom. The molecule has 0 aliphatic heterocycles. The number of carbonyl (C=O) groups excluding carboxylic acids is 2. The van der Waals surface area contributed by atoms with Gasteiger partial charge in [0.15, 0.2) is 11.6 Å². The van der Waals surface area contributed by atoms with Crippen LogP contribution in [0.1, 0.15) is 83.1 Å². The largest absolute Gasteiger partial charge is 0.512 e. The minimum Gasteiger partial charge on any atom is -0.512 e. The molecule has 5 nitrogen and oxygen atoms in total. The maximum atomic E-state index is 11.5. The van der Waals surface area contributed by atoms with Gasteiger partial charge in [-0.25, -0.2) is 0 Å². The molecule has 28 heavy (non-hydrogen) atoms. The van der Waals surface area contributed by atoms with E-state index < -0.39 is 10.8 Å². The van der Waals surface area contributed by atoms with Crippen LogP contribution in [0.5, 0.6) is 0 Å². The molecule has 0 saturated carbocycles. The number of carbonyl (C=O) groups is 2. The van der Waals surface area contributed by atoms with Crippen LogP contribution in [0.3, 0.4) is 0 Å². The molecule has 0 rings (SSSR count). The molecule has 4 N–H and O–H groups in total. The summed E-state index contributed by atoms with van der Waals surface area (Å²) in [4.78, 5) is 23.0. The maximum absolute atomic E-state index is 11.5. The second kappa shape index (κ2) is 11.8. The number of hydrogen-bond donors (Lipinski definition) is 2. The SMILES string of the molecule is CC(C)(C)C(=O)/C=C(\O)C(C)(C)C.CC(C)(C)C(=O)/C=C(\O)C(C)(C)C.O.[Ni]. The Labute approximate surface area is 181 Å². The van der Waals surface area contributed by atoms with Crippen LogP contribution in [-0.2, 0) is 26.1 Å². The van der Waals surface area contributed by atoms with Gasteiger partial charge in [-0.3, -0.25) is 9.59 Å². The van der Waals surface area contributed by atoms with Crippen LogP contribution in [-0.4, -0.2) is 27.3 Å². The number of hydrogen-bond acceptors (Lipinski definition) is 4. The van der Waals surface area contributed by atoms with Gasteiger partial charge in [0.25, 0.3) is 0 Å². The summed E-state index contributed by atoms with van der Waals surface area (Å²) in [6.07, 6.45) is 2.67. The van der Waals surface area contributed by atoms with E-state index in [4.69, 9.17) is 0 Å². The van der Waals surface area contributed by atoms with E-state index in [1.807, 2.05) is 83.1 Å². The number of allylic oxidation sites excluding steroid dienone is 4. The van der Waals surface area contributed by atoms with Gasteiger partial charge in [0.05, 0.1) is 0 Å². The van der Waals surface area contributed by atoms with Crippen molar-refractivity contribution in [1.82, 2.24) is 0 Å². The topological polar surface area (TPSA) is 106 Å². The normalized spacial score (nSPS) is 13.4. The summed E-state index contributed by atoms with van der Waals surface area (Å²) in [5.74, 6) is 0.208. The summed E-state index contributed by atoms with van der Waals surface area (Å²) in [6, 6.07) is 0. The molecule has 0 bridgehead atoms. The first-order chi connectivity index (χ1) is 11.1. The summed E-state index contributed by atoms with van der Waals surface area (Å²) in [5.41, 5.74) is -1.53. The van der Waals surface area contributed by atoms with Gasteiger partial charge in [0.2, 0.25) is 0 Å². The Hall–Kier alpha value is -1.13. The van der Waals surface area contributed by atoms with Crippen molar-refractivity contribution in [2.45, 2.75) is 83.1 Å². The Kier molecular flexibility index (Phi) is 14.5. The van der Waals surface area contributed by atoms with Crippen molar-refractivity contribution in [3.05, 3.63) is 23.7 Å². The Bertz CT molecular complexity index is 508. The zero-order valence-electron chi connectivity index (χ0n) is 19.7. The van der Waals surface area contributed by atoms with E-state index in [-0.39, 0.29) is 55.9 Å². The van der Waals surface area contributed by atoms with E-state index in [2.05, 4.69) is 0 Å². The van der Waals surface area contributed by atoms with Crippen LogP contribution in [0.15, 0.2) is 23.7 Å². The third-order valence-electron chi connectivity index (χ3n) is 3.55. The van der Waals surface area contributed by atoms with E-state index in [0.717, 1.165) is 0 Å². The first-order valence-corrected chi connectivity index (χ1v) is 9.01. The van der Waals surface area contributed by atoms with E-state index in [0.29, 0.717) is 0 Å².